The van der Waals surface area contributed by atoms with E-state index in [1.807, 2.05) is 48.7 Å². The normalized spacial score (nSPS) is 16.7. The molecule has 11 nitrogen and oxygen atoms in total. The second kappa shape index (κ2) is 14.9. The SMILES string of the molecule is CC(C)(C)OC(=O)C(N[C@@H]1C[C@H]1c1ccc(F)cc1)c1nccc(C(=O)NC(c2ccc(/C=C/C(=O)O)cc2)c2ccc(-n3cccn3)cc2)n1. The van der Waals surface area contributed by atoms with Crippen molar-refractivity contribution in [3.8, 4) is 5.69 Å². The molecule has 0 bridgehead atoms. The molecule has 3 N–H and O–H groups in total. The number of carboxylic acid groups (broad SMARTS) is 1. The monoisotopic (exact) mass is 688 g/mol. The summed E-state index contributed by atoms with van der Waals surface area (Å²) in [6.07, 6.45) is 8.20. The van der Waals surface area contributed by atoms with Gasteiger partial charge in [-0.25, -0.2) is 28.6 Å². The molecule has 1 amide bonds. The van der Waals surface area contributed by atoms with E-state index in [0.717, 1.165) is 34.9 Å². The highest BCUT2D eigenvalue weighted by Gasteiger charge is 2.43. The molecular formula is C39H37FN6O5. The summed E-state index contributed by atoms with van der Waals surface area (Å²) in [6, 6.07) is 22.5. The second-order valence-corrected chi connectivity index (χ2v) is 13.2. The van der Waals surface area contributed by atoms with Crippen molar-refractivity contribution < 1.29 is 28.6 Å². The van der Waals surface area contributed by atoms with Crippen molar-refractivity contribution in [3.05, 3.63) is 149 Å². The van der Waals surface area contributed by atoms with Crippen molar-refractivity contribution in [2.45, 2.75) is 56.8 Å². The molecule has 260 valence electrons. The number of amides is 1. The Kier molecular flexibility index (Phi) is 10.1. The van der Waals surface area contributed by atoms with Crippen LogP contribution in [0.1, 0.15) is 83.8 Å². The highest BCUT2D eigenvalue weighted by atomic mass is 19.1. The Bertz CT molecular complexity index is 2020. The molecule has 0 spiro atoms. The zero-order valence-corrected chi connectivity index (χ0v) is 28.2. The number of nitrogens with one attached hydrogen (secondary N) is 2. The minimum atomic E-state index is -1.07. The molecule has 3 aromatic carbocycles. The third-order valence-corrected chi connectivity index (χ3v) is 8.24. The van der Waals surface area contributed by atoms with E-state index in [-0.39, 0.29) is 29.3 Å². The van der Waals surface area contributed by atoms with E-state index in [1.54, 1.807) is 55.9 Å². The van der Waals surface area contributed by atoms with Gasteiger partial charge in [-0.15, -0.1) is 0 Å². The first-order valence-corrected chi connectivity index (χ1v) is 16.4. The molecule has 1 fully saturated rings. The van der Waals surface area contributed by atoms with E-state index in [2.05, 4.69) is 25.7 Å². The third kappa shape index (κ3) is 8.97. The molecule has 6 rings (SSSR count). The number of carbonyl (C=O) groups is 3. The Morgan fingerprint density at radius 2 is 1.65 bits per heavy atom. The fourth-order valence-electron chi connectivity index (χ4n) is 5.69. The number of halogens is 1. The lowest BCUT2D eigenvalue weighted by molar-refractivity contribution is -0.158. The van der Waals surface area contributed by atoms with Gasteiger partial charge in [-0.3, -0.25) is 10.1 Å². The number of nitrogens with zero attached hydrogens (tertiary/aromatic N) is 4. The Morgan fingerprint density at radius 3 is 2.27 bits per heavy atom. The van der Waals surface area contributed by atoms with Crippen LogP contribution < -0.4 is 10.6 Å². The Hall–Kier alpha value is -6.01. The van der Waals surface area contributed by atoms with E-state index in [0.29, 0.717) is 5.56 Å². The van der Waals surface area contributed by atoms with Crippen LogP contribution in [0, 0.1) is 5.82 Å². The average molecular weight is 689 g/mol. The van der Waals surface area contributed by atoms with Crippen LogP contribution >= 0.6 is 0 Å². The average Bonchev–Trinajstić information content (AvgIpc) is 3.66. The summed E-state index contributed by atoms with van der Waals surface area (Å²) in [4.78, 5) is 47.3. The number of carboxylic acids is 1. The number of hydrogen-bond donors (Lipinski definition) is 3. The number of carbonyl (C=O) groups excluding carboxylic acids is 2. The van der Waals surface area contributed by atoms with Crippen LogP contribution in [-0.4, -0.2) is 54.3 Å². The van der Waals surface area contributed by atoms with Gasteiger partial charge in [-0.05, 0) is 91.9 Å². The second-order valence-electron chi connectivity index (χ2n) is 13.2. The van der Waals surface area contributed by atoms with Crippen molar-refractivity contribution in [1.82, 2.24) is 30.4 Å². The number of rotatable bonds is 12. The van der Waals surface area contributed by atoms with Gasteiger partial charge in [0.05, 0.1) is 11.7 Å². The van der Waals surface area contributed by atoms with Crippen LogP contribution in [0.2, 0.25) is 0 Å². The lowest BCUT2D eigenvalue weighted by Crippen LogP contribution is -2.38. The number of hydrogen-bond acceptors (Lipinski definition) is 8. The first kappa shape index (κ1) is 34.8. The molecule has 12 heteroatoms. The molecular weight excluding hydrogens is 651 g/mol. The summed E-state index contributed by atoms with van der Waals surface area (Å²) in [5.74, 6) is -2.33. The summed E-state index contributed by atoms with van der Waals surface area (Å²) >= 11 is 0. The van der Waals surface area contributed by atoms with Gasteiger partial charge < -0.3 is 15.2 Å². The van der Waals surface area contributed by atoms with Crippen LogP contribution in [0.25, 0.3) is 11.8 Å². The minimum Gasteiger partial charge on any atom is -0.478 e. The van der Waals surface area contributed by atoms with Crippen LogP contribution in [-0.2, 0) is 14.3 Å². The first-order valence-electron chi connectivity index (χ1n) is 16.4. The minimum absolute atomic E-state index is 0.0420. The van der Waals surface area contributed by atoms with Crippen LogP contribution in [0.4, 0.5) is 4.39 Å². The zero-order valence-electron chi connectivity index (χ0n) is 28.2. The molecule has 2 heterocycles. The number of ether oxygens (including phenoxy) is 1. The van der Waals surface area contributed by atoms with Gasteiger partial charge in [0.25, 0.3) is 5.91 Å². The van der Waals surface area contributed by atoms with E-state index in [4.69, 9.17) is 9.84 Å². The van der Waals surface area contributed by atoms with Gasteiger partial charge in [0, 0.05) is 36.6 Å². The summed E-state index contributed by atoms with van der Waals surface area (Å²) in [6.45, 7) is 5.30. The van der Waals surface area contributed by atoms with Crippen molar-refractivity contribution in [2.75, 3.05) is 0 Å². The number of esters is 1. The predicted molar refractivity (Wildman–Crippen MR) is 187 cm³/mol. The molecule has 51 heavy (non-hydrogen) atoms. The maximum atomic E-state index is 13.9. The number of benzene rings is 3. The fourth-order valence-corrected chi connectivity index (χ4v) is 5.69. The van der Waals surface area contributed by atoms with Gasteiger partial charge in [0.15, 0.2) is 11.9 Å². The standard InChI is InChI=1S/C39H37FN6O5/c1-39(2,3)51-38(50)35(43-32-23-30(32)25-10-14-28(40)15-11-25)36-41-21-19-31(44-36)37(49)45-34(26-8-5-24(6-9-26)7-18-33(47)48)27-12-16-29(17-13-27)46-22-4-20-42-46/h4-22,30,32,34-35,43H,23H2,1-3H3,(H,45,49)(H,47,48)/b18-7+/t30-,32+,34?,35?/m0/s1. The lowest BCUT2D eigenvalue weighted by Gasteiger charge is -2.24. The van der Waals surface area contributed by atoms with E-state index in [1.165, 1.54) is 30.5 Å². The maximum absolute atomic E-state index is 13.9. The van der Waals surface area contributed by atoms with Crippen LogP contribution in [0.15, 0.2) is 110 Å². The van der Waals surface area contributed by atoms with Crippen LogP contribution in [0.5, 0.6) is 0 Å². The van der Waals surface area contributed by atoms with E-state index in [9.17, 15) is 18.8 Å². The number of aromatic nitrogens is 4. The van der Waals surface area contributed by atoms with Crippen molar-refractivity contribution in [1.29, 1.82) is 0 Å². The zero-order chi connectivity index (χ0) is 36.1. The first-order chi connectivity index (χ1) is 24.4. The van der Waals surface area contributed by atoms with Gasteiger partial charge >= 0.3 is 11.9 Å². The molecule has 0 saturated heterocycles. The Labute approximate surface area is 294 Å². The lowest BCUT2D eigenvalue weighted by atomic mass is 9.97. The van der Waals surface area contributed by atoms with Gasteiger partial charge in [0.1, 0.15) is 17.1 Å². The fraction of sp³-hybridized carbons (Fsp3) is 0.231. The number of aliphatic carboxylic acids is 1. The highest BCUT2D eigenvalue weighted by molar-refractivity contribution is 5.93. The molecule has 0 aliphatic heterocycles. The summed E-state index contributed by atoms with van der Waals surface area (Å²) < 4.78 is 21.0. The molecule has 2 aromatic heterocycles. The van der Waals surface area contributed by atoms with Gasteiger partial charge in [0.2, 0.25) is 0 Å². The van der Waals surface area contributed by atoms with Crippen molar-refractivity contribution in [3.63, 3.8) is 0 Å². The summed E-state index contributed by atoms with van der Waals surface area (Å²) in [7, 11) is 0. The van der Waals surface area contributed by atoms with Gasteiger partial charge in [-0.1, -0.05) is 48.5 Å². The molecule has 1 saturated carbocycles. The van der Waals surface area contributed by atoms with E-state index < -0.39 is 35.5 Å². The highest BCUT2D eigenvalue weighted by Crippen LogP contribution is 2.42. The van der Waals surface area contributed by atoms with Gasteiger partial charge in [-0.2, -0.15) is 5.10 Å². The maximum Gasteiger partial charge on any atom is 0.331 e. The Morgan fingerprint density at radius 1 is 0.961 bits per heavy atom. The predicted octanol–water partition coefficient (Wildman–Crippen LogP) is 5.95. The Balaban J connectivity index is 1.27. The molecule has 0 radical (unpaired) electrons. The third-order valence-electron chi connectivity index (χ3n) is 8.24. The molecule has 4 atom stereocenters. The summed E-state index contributed by atoms with van der Waals surface area (Å²) in [5, 5.41) is 19.7. The van der Waals surface area contributed by atoms with Crippen molar-refractivity contribution in [2.24, 2.45) is 0 Å². The quantitative estimate of drug-likeness (QED) is 0.107. The largest absolute Gasteiger partial charge is 0.478 e. The topological polar surface area (TPSA) is 148 Å². The molecule has 5 aromatic rings. The summed E-state index contributed by atoms with van der Waals surface area (Å²) in [5.41, 5.74) is 3.23. The van der Waals surface area contributed by atoms with E-state index >= 15 is 0 Å². The van der Waals surface area contributed by atoms with Crippen LogP contribution in [0.3, 0.4) is 0 Å². The smallest absolute Gasteiger partial charge is 0.331 e. The molecule has 1 aliphatic carbocycles. The van der Waals surface area contributed by atoms with Crippen molar-refractivity contribution >= 4 is 23.9 Å². The molecule has 1 aliphatic rings. The molecule has 2 unspecified atom stereocenters.